The molecule has 0 saturated heterocycles. The summed E-state index contributed by atoms with van der Waals surface area (Å²) in [5.74, 6) is 0. The molecule has 0 radical (unpaired) electrons. The molecule has 1 N–H and O–H groups in total. The number of ether oxygens (including phenoxy) is 1. The number of aryl methyl sites for hydroxylation is 1. The molecule has 0 spiro atoms. The summed E-state index contributed by atoms with van der Waals surface area (Å²) in [6, 6.07) is 2.11. The Balaban J connectivity index is 2.52. The monoisotopic (exact) mass is 296 g/mol. The Morgan fingerprint density at radius 3 is 2.90 bits per heavy atom. The summed E-state index contributed by atoms with van der Waals surface area (Å²) in [6.07, 6.45) is 3.72. The van der Waals surface area contributed by atoms with E-state index in [2.05, 4.69) is 24.3 Å². The van der Waals surface area contributed by atoms with Crippen LogP contribution in [0.1, 0.15) is 26.7 Å². The molecule has 0 aliphatic carbocycles. The van der Waals surface area contributed by atoms with Gasteiger partial charge in [0.05, 0.1) is 18.5 Å². The minimum Gasteiger partial charge on any atom is -0.383 e. The lowest BCUT2D eigenvalue weighted by Gasteiger charge is -2.18. The molecule has 0 aromatic carbocycles. The SMILES string of the molecule is CCNC(C)CCCn1ncc(N(C)CCOC)cc1=O. The average molecular weight is 296 g/mol. The standard InChI is InChI=1S/C15H28N4O2/c1-5-16-13(2)7-6-8-19-15(20)11-14(12-17-19)18(3)9-10-21-4/h11-13,16H,5-10H2,1-4H3. The van der Waals surface area contributed by atoms with Crippen LogP contribution in [-0.2, 0) is 11.3 Å². The topological polar surface area (TPSA) is 59.4 Å². The third-order valence-electron chi connectivity index (χ3n) is 3.49. The highest BCUT2D eigenvalue weighted by Gasteiger charge is 2.05. The summed E-state index contributed by atoms with van der Waals surface area (Å²) in [5, 5.41) is 7.62. The molecule has 1 aromatic heterocycles. The highest BCUT2D eigenvalue weighted by Crippen LogP contribution is 2.06. The number of likely N-dealkylation sites (N-methyl/N-ethyl adjacent to an activating group) is 1. The van der Waals surface area contributed by atoms with Crippen LogP contribution in [0.4, 0.5) is 5.69 Å². The van der Waals surface area contributed by atoms with Crippen LogP contribution in [0.25, 0.3) is 0 Å². The van der Waals surface area contributed by atoms with E-state index >= 15 is 0 Å². The molecule has 0 saturated carbocycles. The highest BCUT2D eigenvalue weighted by molar-refractivity contribution is 5.41. The Hall–Kier alpha value is -1.40. The molecule has 6 nitrogen and oxygen atoms in total. The number of aromatic nitrogens is 2. The predicted molar refractivity (Wildman–Crippen MR) is 86.0 cm³/mol. The van der Waals surface area contributed by atoms with Crippen LogP contribution in [0.5, 0.6) is 0 Å². The number of anilines is 1. The zero-order valence-electron chi connectivity index (χ0n) is 13.6. The number of nitrogens with one attached hydrogen (secondary N) is 1. The third-order valence-corrected chi connectivity index (χ3v) is 3.49. The summed E-state index contributed by atoms with van der Waals surface area (Å²) in [7, 11) is 3.59. The van der Waals surface area contributed by atoms with E-state index in [0.29, 0.717) is 19.2 Å². The van der Waals surface area contributed by atoms with Crippen LogP contribution >= 0.6 is 0 Å². The van der Waals surface area contributed by atoms with Gasteiger partial charge in [-0.25, -0.2) is 4.68 Å². The van der Waals surface area contributed by atoms with Crippen LogP contribution in [-0.4, -0.2) is 49.7 Å². The first-order chi connectivity index (χ1) is 10.1. The van der Waals surface area contributed by atoms with Crippen LogP contribution < -0.4 is 15.8 Å². The van der Waals surface area contributed by atoms with Crippen molar-refractivity contribution in [3.05, 3.63) is 22.6 Å². The summed E-state index contributed by atoms with van der Waals surface area (Å²) < 4.78 is 6.57. The molecule has 1 unspecified atom stereocenters. The number of nitrogens with zero attached hydrogens (tertiary/aromatic N) is 3. The van der Waals surface area contributed by atoms with E-state index in [-0.39, 0.29) is 5.56 Å². The molecule has 6 heteroatoms. The Labute approximate surface area is 127 Å². The lowest BCUT2D eigenvalue weighted by molar-refractivity contribution is 0.206. The van der Waals surface area contributed by atoms with E-state index < -0.39 is 0 Å². The Morgan fingerprint density at radius 1 is 1.52 bits per heavy atom. The third kappa shape index (κ3) is 6.27. The Kier molecular flexibility index (Phi) is 8.00. The molecular weight excluding hydrogens is 268 g/mol. The number of rotatable bonds is 10. The van der Waals surface area contributed by atoms with Crippen molar-refractivity contribution in [1.29, 1.82) is 0 Å². The highest BCUT2D eigenvalue weighted by atomic mass is 16.5. The van der Waals surface area contributed by atoms with Crippen molar-refractivity contribution in [3.8, 4) is 0 Å². The zero-order valence-corrected chi connectivity index (χ0v) is 13.6. The summed E-state index contributed by atoms with van der Waals surface area (Å²) in [6.45, 7) is 7.26. The first kappa shape index (κ1) is 17.7. The van der Waals surface area contributed by atoms with Gasteiger partial charge in [-0.15, -0.1) is 0 Å². The minimum atomic E-state index is -0.0483. The fraction of sp³-hybridized carbons (Fsp3) is 0.733. The first-order valence-electron chi connectivity index (χ1n) is 7.59. The van der Waals surface area contributed by atoms with Crippen molar-refractivity contribution < 1.29 is 4.74 Å². The maximum Gasteiger partial charge on any atom is 0.268 e. The van der Waals surface area contributed by atoms with Crippen molar-refractivity contribution in [2.45, 2.75) is 39.3 Å². The van der Waals surface area contributed by atoms with Crippen molar-refractivity contribution in [3.63, 3.8) is 0 Å². The predicted octanol–water partition coefficient (Wildman–Crippen LogP) is 1.10. The van der Waals surface area contributed by atoms with Crippen molar-refractivity contribution in [1.82, 2.24) is 15.1 Å². The van der Waals surface area contributed by atoms with Gasteiger partial charge >= 0.3 is 0 Å². The largest absolute Gasteiger partial charge is 0.383 e. The molecule has 1 rings (SSSR count). The molecular formula is C15H28N4O2. The van der Waals surface area contributed by atoms with E-state index in [1.807, 2.05) is 11.9 Å². The van der Waals surface area contributed by atoms with E-state index in [4.69, 9.17) is 4.74 Å². The average Bonchev–Trinajstić information content (AvgIpc) is 2.46. The van der Waals surface area contributed by atoms with Gasteiger partial charge in [0.15, 0.2) is 0 Å². The van der Waals surface area contributed by atoms with E-state index in [9.17, 15) is 4.79 Å². The van der Waals surface area contributed by atoms with Gasteiger partial charge in [0, 0.05) is 39.4 Å². The Morgan fingerprint density at radius 2 is 2.29 bits per heavy atom. The quantitative estimate of drug-likeness (QED) is 0.701. The molecule has 21 heavy (non-hydrogen) atoms. The minimum absolute atomic E-state index is 0.0483. The van der Waals surface area contributed by atoms with Gasteiger partial charge in [0.2, 0.25) is 0 Å². The first-order valence-corrected chi connectivity index (χ1v) is 7.59. The molecule has 0 fully saturated rings. The fourth-order valence-corrected chi connectivity index (χ4v) is 2.16. The second-order valence-electron chi connectivity index (χ2n) is 5.29. The number of methoxy groups -OCH3 is 1. The number of hydrogen-bond donors (Lipinski definition) is 1. The second-order valence-corrected chi connectivity index (χ2v) is 5.29. The molecule has 0 bridgehead atoms. The van der Waals surface area contributed by atoms with Crippen LogP contribution in [0.2, 0.25) is 0 Å². The van der Waals surface area contributed by atoms with Crippen molar-refractivity contribution in [2.75, 3.05) is 38.8 Å². The maximum atomic E-state index is 12.0. The summed E-state index contributed by atoms with van der Waals surface area (Å²) >= 11 is 0. The van der Waals surface area contributed by atoms with Crippen LogP contribution in [0, 0.1) is 0 Å². The van der Waals surface area contributed by atoms with Crippen molar-refractivity contribution in [2.24, 2.45) is 0 Å². The van der Waals surface area contributed by atoms with Gasteiger partial charge in [0.1, 0.15) is 0 Å². The molecule has 1 heterocycles. The second kappa shape index (κ2) is 9.52. The van der Waals surface area contributed by atoms with Gasteiger partial charge in [0.25, 0.3) is 5.56 Å². The lowest BCUT2D eigenvalue weighted by Crippen LogP contribution is -2.29. The molecule has 120 valence electrons. The molecule has 0 amide bonds. The number of hydrogen-bond acceptors (Lipinski definition) is 5. The van der Waals surface area contributed by atoms with E-state index in [0.717, 1.165) is 31.6 Å². The smallest absolute Gasteiger partial charge is 0.268 e. The van der Waals surface area contributed by atoms with E-state index in [1.54, 1.807) is 19.4 Å². The van der Waals surface area contributed by atoms with Crippen LogP contribution in [0.3, 0.4) is 0 Å². The van der Waals surface area contributed by atoms with Gasteiger partial charge in [-0.2, -0.15) is 5.10 Å². The molecule has 0 aliphatic rings. The molecule has 1 aromatic rings. The van der Waals surface area contributed by atoms with Gasteiger partial charge in [-0.1, -0.05) is 6.92 Å². The summed E-state index contributed by atoms with van der Waals surface area (Å²) in [5.41, 5.74) is 0.780. The van der Waals surface area contributed by atoms with Gasteiger partial charge in [-0.05, 0) is 26.3 Å². The van der Waals surface area contributed by atoms with E-state index in [1.165, 1.54) is 4.68 Å². The summed E-state index contributed by atoms with van der Waals surface area (Å²) in [4.78, 5) is 14.0. The molecule has 0 aliphatic heterocycles. The van der Waals surface area contributed by atoms with Gasteiger partial charge in [-0.3, -0.25) is 4.79 Å². The van der Waals surface area contributed by atoms with Crippen LogP contribution in [0.15, 0.2) is 17.1 Å². The normalized spacial score (nSPS) is 12.4. The Bertz CT molecular complexity index is 461. The maximum absolute atomic E-state index is 12.0. The zero-order chi connectivity index (χ0) is 15.7. The fourth-order valence-electron chi connectivity index (χ4n) is 2.16. The van der Waals surface area contributed by atoms with Gasteiger partial charge < -0.3 is 15.0 Å². The molecule has 1 atom stereocenters. The lowest BCUT2D eigenvalue weighted by atomic mass is 10.2. The van der Waals surface area contributed by atoms with Crippen molar-refractivity contribution >= 4 is 5.69 Å².